The highest BCUT2D eigenvalue weighted by atomic mass is 19.1. The molecular weight excluding hydrogens is 227 g/mol. The van der Waals surface area contributed by atoms with Gasteiger partial charge in [0.25, 0.3) is 0 Å². The lowest BCUT2D eigenvalue weighted by atomic mass is 10.3. The Morgan fingerprint density at radius 3 is 2.65 bits per heavy atom. The molecule has 0 saturated heterocycles. The Hall–Kier alpha value is -2.31. The summed E-state index contributed by atoms with van der Waals surface area (Å²) >= 11 is 0. The van der Waals surface area contributed by atoms with E-state index in [1.807, 2.05) is 0 Å². The first-order chi connectivity index (χ1) is 8.00. The lowest BCUT2D eigenvalue weighted by Gasteiger charge is -2.02. The minimum atomic E-state index is -1.11. The van der Waals surface area contributed by atoms with Crippen molar-refractivity contribution in [2.75, 3.05) is 0 Å². The van der Waals surface area contributed by atoms with Crippen molar-refractivity contribution in [1.29, 1.82) is 0 Å². The number of halogens is 1. The van der Waals surface area contributed by atoms with E-state index in [0.29, 0.717) is 5.69 Å². The van der Waals surface area contributed by atoms with E-state index in [1.54, 1.807) is 0 Å². The predicted octanol–water partition coefficient (Wildman–Crippen LogP) is 1.12. The van der Waals surface area contributed by atoms with Crippen LogP contribution in [0.2, 0.25) is 0 Å². The van der Waals surface area contributed by atoms with Crippen LogP contribution in [0.1, 0.15) is 21.7 Å². The molecule has 0 spiro atoms. The van der Waals surface area contributed by atoms with Gasteiger partial charge in [0, 0.05) is 6.20 Å². The molecule has 2 aromatic heterocycles. The van der Waals surface area contributed by atoms with Gasteiger partial charge in [-0.3, -0.25) is 0 Å². The molecule has 0 aliphatic heterocycles. The van der Waals surface area contributed by atoms with Crippen LogP contribution in [0.15, 0.2) is 12.5 Å². The maximum absolute atomic E-state index is 13.7. The van der Waals surface area contributed by atoms with Crippen molar-refractivity contribution >= 4 is 5.97 Å². The van der Waals surface area contributed by atoms with Crippen LogP contribution >= 0.6 is 0 Å². The van der Waals surface area contributed by atoms with E-state index in [-0.39, 0.29) is 17.1 Å². The monoisotopic (exact) mass is 236 g/mol. The number of aromatic carboxylic acids is 1. The Morgan fingerprint density at radius 1 is 1.35 bits per heavy atom. The molecule has 2 aromatic rings. The summed E-state index contributed by atoms with van der Waals surface area (Å²) in [6.45, 7) is 3.03. The maximum Gasteiger partial charge on any atom is 0.339 e. The molecule has 2 rings (SSSR count). The highest BCUT2D eigenvalue weighted by molar-refractivity contribution is 5.88. The zero-order chi connectivity index (χ0) is 12.6. The van der Waals surface area contributed by atoms with Gasteiger partial charge >= 0.3 is 5.97 Å². The number of hydrogen-bond acceptors (Lipinski definition) is 4. The lowest BCUT2D eigenvalue weighted by molar-refractivity contribution is 0.0696. The van der Waals surface area contributed by atoms with E-state index in [4.69, 9.17) is 5.11 Å². The zero-order valence-electron chi connectivity index (χ0n) is 9.18. The molecule has 0 aliphatic carbocycles. The second kappa shape index (κ2) is 3.93. The standard InChI is InChI=1S/C10H9FN4O2/c1-5-7(10(16)17)3-15(14-5)9-8(11)6(2)12-4-13-9/h3-4H,1-2H3,(H,16,17). The molecule has 7 heteroatoms. The molecule has 0 aliphatic rings. The number of aromatic nitrogens is 4. The molecule has 0 saturated carbocycles. The third-order valence-electron chi connectivity index (χ3n) is 2.29. The number of nitrogens with zero attached hydrogens (tertiary/aromatic N) is 4. The van der Waals surface area contributed by atoms with Gasteiger partial charge in [-0.25, -0.2) is 23.8 Å². The normalized spacial score (nSPS) is 10.5. The van der Waals surface area contributed by atoms with Gasteiger partial charge in [-0.15, -0.1) is 0 Å². The number of carboxylic acids is 1. The van der Waals surface area contributed by atoms with Crippen molar-refractivity contribution in [3.05, 3.63) is 35.3 Å². The van der Waals surface area contributed by atoms with Crippen LogP contribution < -0.4 is 0 Å². The van der Waals surface area contributed by atoms with Gasteiger partial charge in [0.2, 0.25) is 0 Å². The first-order valence-corrected chi connectivity index (χ1v) is 4.77. The average Bonchev–Trinajstić information content (AvgIpc) is 2.64. The smallest absolute Gasteiger partial charge is 0.339 e. The van der Waals surface area contributed by atoms with Crippen LogP contribution in [0.4, 0.5) is 4.39 Å². The Labute approximate surface area is 95.8 Å². The second-order valence-electron chi connectivity index (χ2n) is 3.47. The summed E-state index contributed by atoms with van der Waals surface area (Å²) in [7, 11) is 0. The van der Waals surface area contributed by atoms with Crippen molar-refractivity contribution < 1.29 is 14.3 Å². The second-order valence-corrected chi connectivity index (χ2v) is 3.47. The predicted molar refractivity (Wildman–Crippen MR) is 55.5 cm³/mol. The van der Waals surface area contributed by atoms with Crippen molar-refractivity contribution in [1.82, 2.24) is 19.7 Å². The fraction of sp³-hybridized carbons (Fsp3) is 0.200. The quantitative estimate of drug-likeness (QED) is 0.844. The van der Waals surface area contributed by atoms with Crippen molar-refractivity contribution in [2.24, 2.45) is 0 Å². The van der Waals surface area contributed by atoms with E-state index in [0.717, 1.165) is 4.68 Å². The summed E-state index contributed by atoms with van der Waals surface area (Å²) in [6.07, 6.45) is 2.42. The van der Waals surface area contributed by atoms with Crippen molar-refractivity contribution in [3.8, 4) is 5.82 Å². The Bertz CT molecular complexity index is 594. The van der Waals surface area contributed by atoms with Gasteiger partial charge in [0.1, 0.15) is 11.9 Å². The summed E-state index contributed by atoms with van der Waals surface area (Å²) in [5.41, 5.74) is 0.494. The third kappa shape index (κ3) is 1.86. The van der Waals surface area contributed by atoms with Gasteiger partial charge < -0.3 is 5.11 Å². The minimum absolute atomic E-state index is 0.0145. The molecule has 0 fully saturated rings. The van der Waals surface area contributed by atoms with Crippen LogP contribution in [0, 0.1) is 19.7 Å². The van der Waals surface area contributed by atoms with Crippen LogP contribution in [0.3, 0.4) is 0 Å². The van der Waals surface area contributed by atoms with E-state index in [2.05, 4.69) is 15.1 Å². The van der Waals surface area contributed by atoms with Gasteiger partial charge in [-0.1, -0.05) is 0 Å². The van der Waals surface area contributed by atoms with Crippen LogP contribution in [-0.4, -0.2) is 30.8 Å². The lowest BCUT2D eigenvalue weighted by Crippen LogP contribution is -2.05. The van der Waals surface area contributed by atoms with Gasteiger partial charge in [-0.05, 0) is 13.8 Å². The molecule has 0 aromatic carbocycles. The summed E-state index contributed by atoms with van der Waals surface area (Å²) < 4.78 is 14.8. The maximum atomic E-state index is 13.7. The Kier molecular flexibility index (Phi) is 2.58. The number of rotatable bonds is 2. The average molecular weight is 236 g/mol. The molecule has 88 valence electrons. The molecule has 0 unspecified atom stereocenters. The number of carboxylic acid groups (broad SMARTS) is 1. The summed E-state index contributed by atoms with van der Waals surface area (Å²) in [4.78, 5) is 18.3. The Morgan fingerprint density at radius 2 is 2.06 bits per heavy atom. The highest BCUT2D eigenvalue weighted by Gasteiger charge is 2.16. The fourth-order valence-electron chi connectivity index (χ4n) is 1.38. The zero-order valence-corrected chi connectivity index (χ0v) is 9.18. The topological polar surface area (TPSA) is 80.9 Å². The molecule has 0 radical (unpaired) electrons. The highest BCUT2D eigenvalue weighted by Crippen LogP contribution is 2.14. The number of aryl methyl sites for hydroxylation is 2. The van der Waals surface area contributed by atoms with Gasteiger partial charge in [0.05, 0.1) is 11.4 Å². The van der Waals surface area contributed by atoms with E-state index in [1.165, 1.54) is 26.4 Å². The first kappa shape index (κ1) is 11.2. The largest absolute Gasteiger partial charge is 0.478 e. The molecule has 2 heterocycles. The Balaban J connectivity index is 2.58. The molecule has 0 atom stereocenters. The molecule has 1 N–H and O–H groups in total. The van der Waals surface area contributed by atoms with E-state index < -0.39 is 11.8 Å². The first-order valence-electron chi connectivity index (χ1n) is 4.77. The minimum Gasteiger partial charge on any atom is -0.478 e. The van der Waals surface area contributed by atoms with E-state index >= 15 is 0 Å². The van der Waals surface area contributed by atoms with Gasteiger partial charge in [0.15, 0.2) is 11.6 Å². The van der Waals surface area contributed by atoms with Gasteiger partial charge in [-0.2, -0.15) is 5.10 Å². The molecular formula is C10H9FN4O2. The van der Waals surface area contributed by atoms with Crippen LogP contribution in [0.5, 0.6) is 0 Å². The SMILES string of the molecule is Cc1nn(-c2ncnc(C)c2F)cc1C(=O)O. The van der Waals surface area contributed by atoms with Crippen molar-refractivity contribution in [3.63, 3.8) is 0 Å². The summed E-state index contributed by atoms with van der Waals surface area (Å²) in [5.74, 6) is -1.79. The third-order valence-corrected chi connectivity index (χ3v) is 2.29. The number of hydrogen-bond donors (Lipinski definition) is 1. The van der Waals surface area contributed by atoms with Crippen LogP contribution in [-0.2, 0) is 0 Å². The molecule has 17 heavy (non-hydrogen) atoms. The number of carbonyl (C=O) groups is 1. The fourth-order valence-corrected chi connectivity index (χ4v) is 1.38. The molecule has 6 nitrogen and oxygen atoms in total. The van der Waals surface area contributed by atoms with Crippen molar-refractivity contribution in [2.45, 2.75) is 13.8 Å². The summed E-state index contributed by atoms with van der Waals surface area (Å²) in [6, 6.07) is 0. The van der Waals surface area contributed by atoms with Crippen LogP contribution in [0.25, 0.3) is 5.82 Å². The summed E-state index contributed by atoms with van der Waals surface area (Å²) in [5, 5.41) is 12.8. The van der Waals surface area contributed by atoms with E-state index in [9.17, 15) is 9.18 Å². The molecule has 0 amide bonds. The molecule has 0 bridgehead atoms.